The SMILES string of the molecule is C[C@H]1CN(CC2CCCC2)CCN1C(=O)c1ccc(N)cc1Cl. The van der Waals surface area contributed by atoms with Crippen LogP contribution in [0.3, 0.4) is 0 Å². The summed E-state index contributed by atoms with van der Waals surface area (Å²) in [4.78, 5) is 17.2. The molecule has 5 heteroatoms. The van der Waals surface area contributed by atoms with Gasteiger partial charge in [0.2, 0.25) is 0 Å². The molecule has 0 bridgehead atoms. The monoisotopic (exact) mass is 335 g/mol. The number of carbonyl (C=O) groups is 1. The molecule has 0 radical (unpaired) electrons. The van der Waals surface area contributed by atoms with Crippen LogP contribution in [0.15, 0.2) is 18.2 Å². The Morgan fingerprint density at radius 2 is 2.04 bits per heavy atom. The molecule has 4 nitrogen and oxygen atoms in total. The average molecular weight is 336 g/mol. The van der Waals surface area contributed by atoms with Gasteiger partial charge in [-0.3, -0.25) is 9.69 Å². The molecule has 1 amide bonds. The molecule has 2 aliphatic rings. The zero-order valence-electron chi connectivity index (χ0n) is 13.8. The molecule has 1 aliphatic heterocycles. The second-order valence-electron chi connectivity index (χ2n) is 7.00. The van der Waals surface area contributed by atoms with E-state index in [1.165, 1.54) is 32.2 Å². The Morgan fingerprint density at radius 3 is 2.70 bits per heavy atom. The number of nitrogen functional groups attached to an aromatic ring is 1. The number of hydrogen-bond donors (Lipinski definition) is 1. The fourth-order valence-electron chi connectivity index (χ4n) is 3.92. The third-order valence-electron chi connectivity index (χ3n) is 5.19. The first kappa shape index (κ1) is 16.6. The molecule has 1 atom stereocenters. The van der Waals surface area contributed by atoms with Gasteiger partial charge >= 0.3 is 0 Å². The minimum absolute atomic E-state index is 0.0167. The van der Waals surface area contributed by atoms with E-state index < -0.39 is 0 Å². The van der Waals surface area contributed by atoms with Crippen LogP contribution in [0.25, 0.3) is 0 Å². The quantitative estimate of drug-likeness (QED) is 0.862. The van der Waals surface area contributed by atoms with E-state index in [-0.39, 0.29) is 11.9 Å². The predicted octanol–water partition coefficient (Wildman–Crippen LogP) is 3.26. The fraction of sp³-hybridized carbons (Fsp3) is 0.611. The smallest absolute Gasteiger partial charge is 0.255 e. The normalized spacial score (nSPS) is 23.4. The number of amides is 1. The standard InChI is InChI=1S/C18H26ClN3O/c1-13-11-21(12-14-4-2-3-5-14)8-9-22(13)18(23)16-7-6-15(20)10-17(16)19/h6-7,10,13-14H,2-5,8-9,11-12,20H2,1H3/t13-/m0/s1. The number of halogens is 1. The van der Waals surface area contributed by atoms with Crippen molar-refractivity contribution in [2.75, 3.05) is 31.9 Å². The number of rotatable bonds is 3. The molecule has 1 saturated heterocycles. The summed E-state index contributed by atoms with van der Waals surface area (Å²) in [5.74, 6) is 0.874. The maximum Gasteiger partial charge on any atom is 0.255 e. The largest absolute Gasteiger partial charge is 0.399 e. The topological polar surface area (TPSA) is 49.6 Å². The maximum atomic E-state index is 12.8. The fourth-order valence-corrected chi connectivity index (χ4v) is 4.19. The van der Waals surface area contributed by atoms with Gasteiger partial charge in [-0.1, -0.05) is 24.4 Å². The predicted molar refractivity (Wildman–Crippen MR) is 94.8 cm³/mol. The van der Waals surface area contributed by atoms with Crippen molar-refractivity contribution in [2.45, 2.75) is 38.6 Å². The molecule has 2 N–H and O–H groups in total. The summed E-state index contributed by atoms with van der Waals surface area (Å²) in [6.45, 7) is 6.00. The van der Waals surface area contributed by atoms with Gasteiger partial charge in [0.25, 0.3) is 5.91 Å². The van der Waals surface area contributed by atoms with Crippen molar-refractivity contribution in [3.8, 4) is 0 Å². The lowest BCUT2D eigenvalue weighted by atomic mass is 10.1. The van der Waals surface area contributed by atoms with Crippen LogP contribution in [-0.2, 0) is 0 Å². The number of nitrogens with two attached hydrogens (primary N) is 1. The van der Waals surface area contributed by atoms with Crippen LogP contribution >= 0.6 is 11.6 Å². The van der Waals surface area contributed by atoms with Crippen LogP contribution in [0, 0.1) is 5.92 Å². The molecule has 23 heavy (non-hydrogen) atoms. The summed E-state index contributed by atoms with van der Waals surface area (Å²) in [5, 5.41) is 0.440. The Bertz CT molecular complexity index is 571. The molecule has 1 heterocycles. The second kappa shape index (κ2) is 7.10. The summed E-state index contributed by atoms with van der Waals surface area (Å²) in [5.41, 5.74) is 6.85. The van der Waals surface area contributed by atoms with Crippen molar-refractivity contribution in [1.29, 1.82) is 0 Å². The zero-order valence-corrected chi connectivity index (χ0v) is 14.6. The van der Waals surface area contributed by atoms with Gasteiger partial charge in [-0.25, -0.2) is 0 Å². The third kappa shape index (κ3) is 3.81. The molecule has 1 saturated carbocycles. The molecular weight excluding hydrogens is 310 g/mol. The van der Waals surface area contributed by atoms with Gasteiger partial charge in [0.05, 0.1) is 10.6 Å². The molecule has 2 fully saturated rings. The summed E-state index contributed by atoms with van der Waals surface area (Å²) in [6, 6.07) is 5.33. The molecule has 0 aromatic heterocycles. The zero-order chi connectivity index (χ0) is 16.4. The molecule has 1 aromatic rings. The Balaban J connectivity index is 1.62. The Hall–Kier alpha value is -1.26. The maximum absolute atomic E-state index is 12.8. The highest BCUT2D eigenvalue weighted by atomic mass is 35.5. The molecular formula is C18H26ClN3O. The van der Waals surface area contributed by atoms with E-state index in [0.29, 0.717) is 16.3 Å². The van der Waals surface area contributed by atoms with Gasteiger partial charge in [-0.2, -0.15) is 0 Å². The van der Waals surface area contributed by atoms with Gasteiger partial charge in [0.1, 0.15) is 0 Å². The highest BCUT2D eigenvalue weighted by molar-refractivity contribution is 6.34. The minimum Gasteiger partial charge on any atom is -0.399 e. The van der Waals surface area contributed by atoms with E-state index in [0.717, 1.165) is 25.6 Å². The van der Waals surface area contributed by atoms with Gasteiger partial charge in [0, 0.05) is 37.9 Å². The van der Waals surface area contributed by atoms with Crippen molar-refractivity contribution >= 4 is 23.2 Å². The lowest BCUT2D eigenvalue weighted by Crippen LogP contribution is -2.54. The summed E-state index contributed by atoms with van der Waals surface area (Å²) < 4.78 is 0. The lowest BCUT2D eigenvalue weighted by molar-refractivity contribution is 0.0461. The van der Waals surface area contributed by atoms with Crippen LogP contribution in [0.1, 0.15) is 43.0 Å². The van der Waals surface area contributed by atoms with Crippen LogP contribution in [0.4, 0.5) is 5.69 Å². The Labute approximate surface area is 143 Å². The molecule has 0 spiro atoms. The summed E-state index contributed by atoms with van der Waals surface area (Å²) in [7, 11) is 0. The van der Waals surface area contributed by atoms with Gasteiger partial charge in [-0.15, -0.1) is 0 Å². The van der Waals surface area contributed by atoms with Crippen molar-refractivity contribution in [3.05, 3.63) is 28.8 Å². The minimum atomic E-state index is 0.0167. The van der Waals surface area contributed by atoms with Crippen LogP contribution in [0.5, 0.6) is 0 Å². The second-order valence-corrected chi connectivity index (χ2v) is 7.40. The van der Waals surface area contributed by atoms with Gasteiger partial charge in [-0.05, 0) is 43.9 Å². The van der Waals surface area contributed by atoms with E-state index in [2.05, 4.69) is 11.8 Å². The van der Waals surface area contributed by atoms with E-state index in [1.807, 2.05) is 4.90 Å². The molecule has 126 valence electrons. The van der Waals surface area contributed by atoms with Crippen LogP contribution in [-0.4, -0.2) is 47.9 Å². The lowest BCUT2D eigenvalue weighted by Gasteiger charge is -2.41. The number of anilines is 1. The van der Waals surface area contributed by atoms with Gasteiger partial charge < -0.3 is 10.6 Å². The number of hydrogen-bond acceptors (Lipinski definition) is 3. The number of nitrogens with zero attached hydrogens (tertiary/aromatic N) is 2. The van der Waals surface area contributed by atoms with E-state index in [1.54, 1.807) is 18.2 Å². The number of benzene rings is 1. The Kier molecular flexibility index (Phi) is 5.12. The van der Waals surface area contributed by atoms with Crippen molar-refractivity contribution < 1.29 is 4.79 Å². The number of carbonyl (C=O) groups excluding carboxylic acids is 1. The van der Waals surface area contributed by atoms with Gasteiger partial charge in [0.15, 0.2) is 0 Å². The van der Waals surface area contributed by atoms with E-state index in [4.69, 9.17) is 17.3 Å². The average Bonchev–Trinajstić information content (AvgIpc) is 3.00. The molecule has 0 unspecified atom stereocenters. The van der Waals surface area contributed by atoms with E-state index in [9.17, 15) is 4.79 Å². The van der Waals surface area contributed by atoms with Crippen molar-refractivity contribution in [1.82, 2.24) is 9.80 Å². The molecule has 3 rings (SSSR count). The molecule has 1 aromatic carbocycles. The first-order chi connectivity index (χ1) is 11.0. The highest BCUT2D eigenvalue weighted by Gasteiger charge is 2.30. The van der Waals surface area contributed by atoms with Crippen molar-refractivity contribution in [3.63, 3.8) is 0 Å². The first-order valence-corrected chi connectivity index (χ1v) is 9.00. The number of piperazine rings is 1. The third-order valence-corrected chi connectivity index (χ3v) is 5.50. The summed E-state index contributed by atoms with van der Waals surface area (Å²) in [6.07, 6.45) is 5.51. The van der Waals surface area contributed by atoms with E-state index >= 15 is 0 Å². The Morgan fingerprint density at radius 1 is 1.30 bits per heavy atom. The molecule has 1 aliphatic carbocycles. The van der Waals surface area contributed by atoms with Crippen molar-refractivity contribution in [2.24, 2.45) is 5.92 Å². The highest BCUT2D eigenvalue weighted by Crippen LogP contribution is 2.27. The first-order valence-electron chi connectivity index (χ1n) is 8.63. The van der Waals surface area contributed by atoms with Crippen LogP contribution in [0.2, 0.25) is 5.02 Å². The van der Waals surface area contributed by atoms with Crippen LogP contribution < -0.4 is 5.73 Å². The summed E-state index contributed by atoms with van der Waals surface area (Å²) >= 11 is 6.20.